The molecular weight excluding hydrogens is 212 g/mol. The molecule has 0 aliphatic carbocycles. The minimum absolute atomic E-state index is 0.275. The Hall–Kier alpha value is -1.77. The number of benzene rings is 1. The number of phenols is 1. The summed E-state index contributed by atoms with van der Waals surface area (Å²) in [7, 11) is 0. The van der Waals surface area contributed by atoms with Gasteiger partial charge in [0.2, 0.25) is 0 Å². The second-order valence-corrected chi connectivity index (χ2v) is 4.46. The number of rotatable bonds is 4. The predicted molar refractivity (Wildman–Crippen MR) is 71.4 cm³/mol. The third kappa shape index (κ3) is 2.67. The van der Waals surface area contributed by atoms with Gasteiger partial charge in [0, 0.05) is 18.1 Å². The second-order valence-electron chi connectivity index (χ2n) is 4.46. The van der Waals surface area contributed by atoms with E-state index < -0.39 is 0 Å². The Bertz CT molecular complexity index is 511. The maximum absolute atomic E-state index is 9.52. The zero-order valence-electron chi connectivity index (χ0n) is 10.3. The number of pyridine rings is 1. The van der Waals surface area contributed by atoms with Crippen LogP contribution < -0.4 is 5.32 Å². The van der Waals surface area contributed by atoms with Crippen molar-refractivity contribution in [3.05, 3.63) is 30.5 Å². The standard InChI is InChI=1S/C14H18N2O/c1-3-10(2)9-16-14-13-8-12(17)5-4-11(13)6-7-15-14/h4-8,10,17H,3,9H2,1-2H3,(H,15,16). The summed E-state index contributed by atoms with van der Waals surface area (Å²) in [6, 6.07) is 7.30. The van der Waals surface area contributed by atoms with E-state index in [-0.39, 0.29) is 5.75 Å². The fourth-order valence-electron chi connectivity index (χ4n) is 1.71. The Morgan fingerprint density at radius 3 is 2.94 bits per heavy atom. The lowest BCUT2D eigenvalue weighted by Crippen LogP contribution is -2.11. The average molecular weight is 230 g/mol. The molecule has 0 spiro atoms. The lowest BCUT2D eigenvalue weighted by Gasteiger charge is -2.12. The van der Waals surface area contributed by atoms with Crippen LogP contribution in [-0.2, 0) is 0 Å². The van der Waals surface area contributed by atoms with Gasteiger partial charge in [0.05, 0.1) is 0 Å². The summed E-state index contributed by atoms with van der Waals surface area (Å²) < 4.78 is 0. The molecule has 17 heavy (non-hydrogen) atoms. The van der Waals surface area contributed by atoms with Crippen LogP contribution in [-0.4, -0.2) is 16.6 Å². The Morgan fingerprint density at radius 2 is 2.18 bits per heavy atom. The van der Waals surface area contributed by atoms with Crippen LogP contribution in [0.25, 0.3) is 10.8 Å². The number of aromatic hydroxyl groups is 1. The molecule has 2 N–H and O–H groups in total. The van der Waals surface area contributed by atoms with Gasteiger partial charge in [-0.1, -0.05) is 26.3 Å². The Balaban J connectivity index is 2.30. The third-order valence-corrected chi connectivity index (χ3v) is 3.06. The summed E-state index contributed by atoms with van der Waals surface area (Å²) in [5.41, 5.74) is 0. The number of nitrogens with one attached hydrogen (secondary N) is 1. The lowest BCUT2D eigenvalue weighted by molar-refractivity contribution is 0.476. The molecular formula is C14H18N2O. The highest BCUT2D eigenvalue weighted by Gasteiger charge is 2.04. The molecule has 1 aromatic carbocycles. The van der Waals surface area contributed by atoms with Crippen LogP contribution in [0.1, 0.15) is 20.3 Å². The van der Waals surface area contributed by atoms with Gasteiger partial charge in [-0.25, -0.2) is 4.98 Å². The molecule has 0 aliphatic heterocycles. The van der Waals surface area contributed by atoms with Crippen molar-refractivity contribution in [2.75, 3.05) is 11.9 Å². The van der Waals surface area contributed by atoms with Crippen molar-refractivity contribution in [1.29, 1.82) is 0 Å². The monoisotopic (exact) mass is 230 g/mol. The second kappa shape index (κ2) is 5.04. The first kappa shape index (κ1) is 11.7. The maximum atomic E-state index is 9.52. The number of aromatic nitrogens is 1. The summed E-state index contributed by atoms with van der Waals surface area (Å²) >= 11 is 0. The Morgan fingerprint density at radius 1 is 1.35 bits per heavy atom. The van der Waals surface area contributed by atoms with Crippen molar-refractivity contribution in [3.8, 4) is 5.75 Å². The summed E-state index contributed by atoms with van der Waals surface area (Å²) in [5, 5.41) is 14.9. The fraction of sp³-hybridized carbons (Fsp3) is 0.357. The first-order valence-electron chi connectivity index (χ1n) is 6.02. The third-order valence-electron chi connectivity index (χ3n) is 3.06. The van der Waals surface area contributed by atoms with Gasteiger partial charge in [0.15, 0.2) is 0 Å². The van der Waals surface area contributed by atoms with E-state index in [0.717, 1.165) is 29.6 Å². The summed E-state index contributed by atoms with van der Waals surface area (Å²) in [6.45, 7) is 5.28. The molecule has 0 fully saturated rings. The summed E-state index contributed by atoms with van der Waals surface area (Å²) in [6.07, 6.45) is 2.93. The first-order valence-corrected chi connectivity index (χ1v) is 6.02. The fourth-order valence-corrected chi connectivity index (χ4v) is 1.71. The van der Waals surface area contributed by atoms with E-state index in [4.69, 9.17) is 0 Å². The molecule has 2 rings (SSSR count). The molecule has 3 nitrogen and oxygen atoms in total. The van der Waals surface area contributed by atoms with Crippen molar-refractivity contribution >= 4 is 16.6 Å². The van der Waals surface area contributed by atoms with Crippen LogP contribution in [0.2, 0.25) is 0 Å². The lowest BCUT2D eigenvalue weighted by atomic mass is 10.1. The SMILES string of the molecule is CCC(C)CNc1nccc2ccc(O)cc12. The van der Waals surface area contributed by atoms with Gasteiger partial charge in [-0.2, -0.15) is 0 Å². The molecule has 0 saturated heterocycles. The van der Waals surface area contributed by atoms with Crippen LogP contribution in [0, 0.1) is 5.92 Å². The quantitative estimate of drug-likeness (QED) is 0.846. The zero-order chi connectivity index (χ0) is 12.3. The van der Waals surface area contributed by atoms with Crippen LogP contribution in [0.3, 0.4) is 0 Å². The van der Waals surface area contributed by atoms with E-state index in [0.29, 0.717) is 5.92 Å². The molecule has 0 amide bonds. The van der Waals surface area contributed by atoms with E-state index in [9.17, 15) is 5.11 Å². The highest BCUT2D eigenvalue weighted by atomic mass is 16.3. The number of fused-ring (bicyclic) bond motifs is 1. The van der Waals surface area contributed by atoms with Gasteiger partial charge in [-0.15, -0.1) is 0 Å². The van der Waals surface area contributed by atoms with Crippen LogP contribution >= 0.6 is 0 Å². The van der Waals surface area contributed by atoms with E-state index in [2.05, 4.69) is 24.1 Å². The minimum Gasteiger partial charge on any atom is -0.508 e. The molecule has 0 aliphatic rings. The zero-order valence-corrected chi connectivity index (χ0v) is 10.3. The maximum Gasteiger partial charge on any atom is 0.133 e. The van der Waals surface area contributed by atoms with Crippen LogP contribution in [0.15, 0.2) is 30.5 Å². The molecule has 3 heteroatoms. The van der Waals surface area contributed by atoms with Crippen molar-refractivity contribution < 1.29 is 5.11 Å². The van der Waals surface area contributed by atoms with Gasteiger partial charge in [-0.05, 0) is 29.5 Å². The largest absolute Gasteiger partial charge is 0.508 e. The highest BCUT2D eigenvalue weighted by molar-refractivity contribution is 5.92. The molecule has 1 unspecified atom stereocenters. The molecule has 0 bridgehead atoms. The molecule has 1 atom stereocenters. The van der Waals surface area contributed by atoms with E-state index in [1.807, 2.05) is 12.1 Å². The molecule has 90 valence electrons. The van der Waals surface area contributed by atoms with Gasteiger partial charge in [-0.3, -0.25) is 0 Å². The van der Waals surface area contributed by atoms with Gasteiger partial charge in [0.25, 0.3) is 0 Å². The Kier molecular flexibility index (Phi) is 3.47. The number of hydrogen-bond donors (Lipinski definition) is 2. The van der Waals surface area contributed by atoms with E-state index in [1.165, 1.54) is 0 Å². The number of anilines is 1. The van der Waals surface area contributed by atoms with Gasteiger partial charge >= 0.3 is 0 Å². The molecule has 0 saturated carbocycles. The minimum atomic E-state index is 0.275. The molecule has 2 aromatic rings. The number of nitrogens with zero attached hydrogens (tertiary/aromatic N) is 1. The number of phenolic OH excluding ortho intramolecular Hbond substituents is 1. The molecule has 0 radical (unpaired) electrons. The number of hydrogen-bond acceptors (Lipinski definition) is 3. The van der Waals surface area contributed by atoms with E-state index >= 15 is 0 Å². The van der Waals surface area contributed by atoms with Crippen LogP contribution in [0.4, 0.5) is 5.82 Å². The average Bonchev–Trinajstić information content (AvgIpc) is 2.35. The van der Waals surface area contributed by atoms with Crippen molar-refractivity contribution in [2.45, 2.75) is 20.3 Å². The van der Waals surface area contributed by atoms with Gasteiger partial charge < -0.3 is 10.4 Å². The smallest absolute Gasteiger partial charge is 0.133 e. The van der Waals surface area contributed by atoms with Crippen molar-refractivity contribution in [1.82, 2.24) is 4.98 Å². The van der Waals surface area contributed by atoms with Crippen molar-refractivity contribution in [3.63, 3.8) is 0 Å². The topological polar surface area (TPSA) is 45.2 Å². The van der Waals surface area contributed by atoms with E-state index in [1.54, 1.807) is 18.3 Å². The summed E-state index contributed by atoms with van der Waals surface area (Å²) in [4.78, 5) is 4.33. The van der Waals surface area contributed by atoms with Crippen molar-refractivity contribution in [2.24, 2.45) is 5.92 Å². The first-order chi connectivity index (χ1) is 8.20. The predicted octanol–water partition coefficient (Wildman–Crippen LogP) is 3.40. The Labute approximate surface area is 102 Å². The molecule has 1 heterocycles. The van der Waals surface area contributed by atoms with Crippen LogP contribution in [0.5, 0.6) is 5.75 Å². The molecule has 1 aromatic heterocycles. The summed E-state index contributed by atoms with van der Waals surface area (Å²) in [5.74, 6) is 1.74. The normalized spacial score (nSPS) is 12.6. The highest BCUT2D eigenvalue weighted by Crippen LogP contribution is 2.25. The van der Waals surface area contributed by atoms with Gasteiger partial charge in [0.1, 0.15) is 11.6 Å².